The Morgan fingerprint density at radius 3 is 2.07 bits per heavy atom. The second kappa shape index (κ2) is 8.94. The van der Waals surface area contributed by atoms with E-state index in [4.69, 9.17) is 0 Å². The van der Waals surface area contributed by atoms with E-state index in [0.29, 0.717) is 18.7 Å². The number of benzene rings is 2. The number of rotatable bonds is 8. The summed E-state index contributed by atoms with van der Waals surface area (Å²) in [6, 6.07) is 11.3. The maximum atomic E-state index is 12.5. The molecule has 0 bridgehead atoms. The first-order valence-corrected chi connectivity index (χ1v) is 10.3. The molecule has 1 N–H and O–H groups in total. The number of carbonyl (C=O) groups excluding carboxylic acids is 1. The summed E-state index contributed by atoms with van der Waals surface area (Å²) in [6.07, 6.45) is 0. The summed E-state index contributed by atoms with van der Waals surface area (Å²) in [4.78, 5) is 22.7. The first-order valence-electron chi connectivity index (χ1n) is 8.86. The summed E-state index contributed by atoms with van der Waals surface area (Å²) in [5.74, 6) is -0.373. The normalized spacial score (nSPS) is 12.6. The molecule has 1 unspecified atom stereocenters. The highest BCUT2D eigenvalue weighted by molar-refractivity contribution is 7.89. The largest absolute Gasteiger partial charge is 0.346 e. The van der Waals surface area contributed by atoms with Crippen molar-refractivity contribution in [1.82, 2.24) is 9.62 Å². The van der Waals surface area contributed by atoms with Crippen LogP contribution in [0.15, 0.2) is 53.4 Å². The molecule has 0 aliphatic carbocycles. The lowest BCUT2D eigenvalue weighted by Gasteiger charge is -2.19. The molecule has 0 aromatic heterocycles. The molecule has 1 amide bonds. The van der Waals surface area contributed by atoms with Gasteiger partial charge in [-0.3, -0.25) is 14.9 Å². The quantitative estimate of drug-likeness (QED) is 0.536. The predicted molar refractivity (Wildman–Crippen MR) is 106 cm³/mol. The van der Waals surface area contributed by atoms with Crippen LogP contribution in [0, 0.1) is 10.1 Å². The van der Waals surface area contributed by atoms with Crippen molar-refractivity contribution < 1.29 is 18.1 Å². The minimum absolute atomic E-state index is 0.0883. The SMILES string of the molecule is CCN(CC)S(=O)(=O)c1ccc(C(C)NC(=O)c2ccc([N+](=O)[O-])cc2)cc1. The number of nitro benzene ring substituents is 1. The van der Waals surface area contributed by atoms with Gasteiger partial charge in [-0.25, -0.2) is 8.42 Å². The first-order chi connectivity index (χ1) is 13.2. The molecule has 2 aromatic rings. The number of nitrogens with one attached hydrogen (secondary N) is 1. The highest BCUT2D eigenvalue weighted by Crippen LogP contribution is 2.20. The number of hydrogen-bond acceptors (Lipinski definition) is 5. The molecule has 28 heavy (non-hydrogen) atoms. The van der Waals surface area contributed by atoms with Gasteiger partial charge in [-0.2, -0.15) is 4.31 Å². The fourth-order valence-electron chi connectivity index (χ4n) is 2.74. The van der Waals surface area contributed by atoms with Crippen molar-refractivity contribution in [3.63, 3.8) is 0 Å². The van der Waals surface area contributed by atoms with Crippen molar-refractivity contribution in [2.45, 2.75) is 31.7 Å². The topological polar surface area (TPSA) is 110 Å². The summed E-state index contributed by atoms with van der Waals surface area (Å²) in [5, 5.41) is 13.5. The van der Waals surface area contributed by atoms with Gasteiger partial charge >= 0.3 is 0 Å². The zero-order valence-corrected chi connectivity index (χ0v) is 16.8. The molecule has 0 radical (unpaired) electrons. The molecule has 0 heterocycles. The van der Waals surface area contributed by atoms with Crippen LogP contribution < -0.4 is 5.32 Å². The molecule has 2 rings (SSSR count). The third kappa shape index (κ3) is 4.73. The van der Waals surface area contributed by atoms with E-state index in [1.807, 2.05) is 0 Å². The molecular formula is C19H23N3O5S. The second-order valence-corrected chi connectivity index (χ2v) is 8.10. The molecule has 8 nitrogen and oxygen atoms in total. The van der Waals surface area contributed by atoms with E-state index in [-0.39, 0.29) is 22.5 Å². The number of nitro groups is 1. The van der Waals surface area contributed by atoms with Crippen LogP contribution in [0.3, 0.4) is 0 Å². The van der Waals surface area contributed by atoms with E-state index in [9.17, 15) is 23.3 Å². The fourth-order valence-corrected chi connectivity index (χ4v) is 4.20. The van der Waals surface area contributed by atoms with Crippen LogP contribution in [0.4, 0.5) is 5.69 Å². The van der Waals surface area contributed by atoms with Crippen LogP contribution >= 0.6 is 0 Å². The van der Waals surface area contributed by atoms with Gasteiger partial charge in [-0.1, -0.05) is 26.0 Å². The van der Waals surface area contributed by atoms with Gasteiger partial charge in [0.25, 0.3) is 11.6 Å². The van der Waals surface area contributed by atoms with Crippen molar-refractivity contribution >= 4 is 21.6 Å². The van der Waals surface area contributed by atoms with Crippen molar-refractivity contribution in [2.75, 3.05) is 13.1 Å². The average Bonchev–Trinajstić information content (AvgIpc) is 2.68. The maximum absolute atomic E-state index is 12.5. The van der Waals surface area contributed by atoms with Crippen LogP contribution in [0.1, 0.15) is 42.7 Å². The van der Waals surface area contributed by atoms with E-state index in [2.05, 4.69) is 5.32 Å². The highest BCUT2D eigenvalue weighted by Gasteiger charge is 2.22. The molecule has 0 aliphatic rings. The van der Waals surface area contributed by atoms with Crippen LogP contribution in [-0.2, 0) is 10.0 Å². The molecule has 1 atom stereocenters. The summed E-state index contributed by atoms with van der Waals surface area (Å²) in [6.45, 7) is 6.12. The summed E-state index contributed by atoms with van der Waals surface area (Å²) >= 11 is 0. The van der Waals surface area contributed by atoms with E-state index >= 15 is 0 Å². The smallest absolute Gasteiger partial charge is 0.269 e. The minimum Gasteiger partial charge on any atom is -0.346 e. The number of nitrogens with zero attached hydrogens (tertiary/aromatic N) is 2. The number of non-ortho nitro benzene ring substituents is 1. The van der Waals surface area contributed by atoms with Crippen LogP contribution in [-0.4, -0.2) is 36.6 Å². The van der Waals surface area contributed by atoms with E-state index in [1.54, 1.807) is 32.9 Å². The lowest BCUT2D eigenvalue weighted by atomic mass is 10.1. The molecule has 0 saturated heterocycles. The summed E-state index contributed by atoms with van der Waals surface area (Å²) < 4.78 is 26.4. The van der Waals surface area contributed by atoms with Crippen molar-refractivity contribution in [3.8, 4) is 0 Å². The second-order valence-electron chi connectivity index (χ2n) is 6.16. The van der Waals surface area contributed by atoms with Gasteiger partial charge in [0.2, 0.25) is 10.0 Å². The Morgan fingerprint density at radius 1 is 1.07 bits per heavy atom. The number of sulfonamides is 1. The van der Waals surface area contributed by atoms with Crippen LogP contribution in [0.25, 0.3) is 0 Å². The Morgan fingerprint density at radius 2 is 1.61 bits per heavy atom. The standard InChI is InChI=1S/C19H23N3O5S/c1-4-21(5-2)28(26,27)18-12-8-15(9-13-18)14(3)20-19(23)16-6-10-17(11-7-16)22(24)25/h6-14H,4-5H2,1-3H3,(H,20,23). The van der Waals surface area contributed by atoms with Crippen molar-refractivity contribution in [2.24, 2.45) is 0 Å². The number of carbonyl (C=O) groups is 1. The molecular weight excluding hydrogens is 382 g/mol. The van der Waals surface area contributed by atoms with Gasteiger partial charge in [0.05, 0.1) is 15.9 Å². The van der Waals surface area contributed by atoms with Gasteiger partial charge in [0.15, 0.2) is 0 Å². The van der Waals surface area contributed by atoms with Crippen LogP contribution in [0.2, 0.25) is 0 Å². The van der Waals surface area contributed by atoms with Gasteiger partial charge in [-0.15, -0.1) is 0 Å². The monoisotopic (exact) mass is 405 g/mol. The Labute approximate surface area is 164 Å². The Balaban J connectivity index is 2.11. The molecule has 0 fully saturated rings. The van der Waals surface area contributed by atoms with Gasteiger partial charge in [-0.05, 0) is 36.8 Å². The van der Waals surface area contributed by atoms with Gasteiger partial charge in [0, 0.05) is 30.8 Å². The molecule has 0 spiro atoms. The molecule has 9 heteroatoms. The molecule has 150 valence electrons. The third-order valence-corrected chi connectivity index (χ3v) is 6.48. The third-order valence-electron chi connectivity index (χ3n) is 4.41. The fraction of sp³-hybridized carbons (Fsp3) is 0.316. The van der Waals surface area contributed by atoms with Crippen molar-refractivity contribution in [3.05, 3.63) is 69.8 Å². The predicted octanol–water partition coefficient (Wildman–Crippen LogP) is 3.12. The zero-order chi connectivity index (χ0) is 20.9. The molecule has 0 aliphatic heterocycles. The molecule has 0 saturated carbocycles. The maximum Gasteiger partial charge on any atom is 0.269 e. The lowest BCUT2D eigenvalue weighted by molar-refractivity contribution is -0.384. The zero-order valence-electron chi connectivity index (χ0n) is 16.0. The summed E-state index contributed by atoms with van der Waals surface area (Å²) in [5.41, 5.74) is 0.960. The number of hydrogen-bond donors (Lipinski definition) is 1. The Kier molecular flexibility index (Phi) is 6.87. The van der Waals surface area contributed by atoms with Crippen LogP contribution in [0.5, 0.6) is 0 Å². The van der Waals surface area contributed by atoms with Crippen molar-refractivity contribution in [1.29, 1.82) is 0 Å². The van der Waals surface area contributed by atoms with Gasteiger partial charge in [0.1, 0.15) is 0 Å². The Bertz CT molecular complexity index is 937. The van der Waals surface area contributed by atoms with E-state index < -0.39 is 14.9 Å². The lowest BCUT2D eigenvalue weighted by Crippen LogP contribution is -2.30. The highest BCUT2D eigenvalue weighted by atomic mass is 32.2. The Hall–Kier alpha value is -2.78. The van der Waals surface area contributed by atoms with Gasteiger partial charge < -0.3 is 5.32 Å². The van der Waals surface area contributed by atoms with E-state index in [0.717, 1.165) is 5.56 Å². The first kappa shape index (κ1) is 21.5. The minimum atomic E-state index is -3.53. The number of amides is 1. The van der Waals surface area contributed by atoms with E-state index in [1.165, 1.54) is 40.7 Å². The average molecular weight is 405 g/mol. The molecule has 2 aromatic carbocycles. The summed E-state index contributed by atoms with van der Waals surface area (Å²) in [7, 11) is -3.53.